The first-order chi connectivity index (χ1) is 12.8. The molecule has 0 aliphatic carbocycles. The number of H-pyrrole nitrogens is 1. The SMILES string of the molecule is CCCCC1(C)N(C)C(Cl)=C(O)N1c1ccc2[nH]c(C(=O)OCC)cc2c1. The molecule has 1 aromatic carbocycles. The number of carbonyl (C=O) groups excluding carboxylic acids is 1. The lowest BCUT2D eigenvalue weighted by Crippen LogP contribution is -2.51. The number of aliphatic hydroxyl groups is 1. The summed E-state index contributed by atoms with van der Waals surface area (Å²) in [6.45, 7) is 6.31. The second kappa shape index (κ2) is 7.35. The summed E-state index contributed by atoms with van der Waals surface area (Å²) in [7, 11) is 1.89. The Hall–Kier alpha value is -2.34. The van der Waals surface area contributed by atoms with E-state index in [9.17, 15) is 9.90 Å². The molecule has 1 aliphatic heterocycles. The van der Waals surface area contributed by atoms with Crippen molar-refractivity contribution in [1.29, 1.82) is 0 Å². The molecule has 0 saturated carbocycles. The molecule has 1 aliphatic rings. The maximum Gasteiger partial charge on any atom is 0.354 e. The van der Waals surface area contributed by atoms with Gasteiger partial charge in [-0.3, -0.25) is 4.90 Å². The van der Waals surface area contributed by atoms with E-state index >= 15 is 0 Å². The van der Waals surface area contributed by atoms with Crippen LogP contribution in [-0.4, -0.2) is 40.3 Å². The third-order valence-corrected chi connectivity index (χ3v) is 5.68. The number of esters is 1. The van der Waals surface area contributed by atoms with E-state index in [0.29, 0.717) is 17.5 Å². The van der Waals surface area contributed by atoms with Crippen molar-refractivity contribution in [2.45, 2.75) is 45.7 Å². The van der Waals surface area contributed by atoms with Crippen LogP contribution in [0.2, 0.25) is 0 Å². The molecular formula is C20H26ClN3O3. The van der Waals surface area contributed by atoms with Crippen LogP contribution in [0, 0.1) is 0 Å². The smallest absolute Gasteiger partial charge is 0.354 e. The molecule has 1 unspecified atom stereocenters. The number of halogens is 1. The topological polar surface area (TPSA) is 68.8 Å². The molecular weight excluding hydrogens is 366 g/mol. The van der Waals surface area contributed by atoms with Crippen LogP contribution in [0.3, 0.4) is 0 Å². The number of anilines is 1. The van der Waals surface area contributed by atoms with Crippen molar-refractivity contribution in [2.75, 3.05) is 18.6 Å². The van der Waals surface area contributed by atoms with E-state index in [1.807, 2.05) is 35.0 Å². The Labute approximate surface area is 164 Å². The number of hydrogen-bond acceptors (Lipinski definition) is 5. The van der Waals surface area contributed by atoms with Crippen molar-refractivity contribution >= 4 is 34.2 Å². The summed E-state index contributed by atoms with van der Waals surface area (Å²) in [6.07, 6.45) is 2.91. The standard InChI is InChI=1S/C20H26ClN3O3/c1-5-7-10-20(3)23(4)17(21)18(25)24(20)14-8-9-15-13(11-14)12-16(22-15)19(26)27-6-2/h8-9,11-12,22,25H,5-7,10H2,1-4H3. The van der Waals surface area contributed by atoms with Crippen LogP contribution in [0.5, 0.6) is 0 Å². The quantitative estimate of drug-likeness (QED) is 0.540. The molecule has 6 nitrogen and oxygen atoms in total. The number of aromatic nitrogens is 1. The van der Waals surface area contributed by atoms with Crippen LogP contribution in [-0.2, 0) is 4.74 Å². The number of unbranched alkanes of at least 4 members (excludes halogenated alkanes) is 1. The van der Waals surface area contributed by atoms with Crippen LogP contribution in [0.1, 0.15) is 50.5 Å². The lowest BCUT2D eigenvalue weighted by Gasteiger charge is -2.42. The second-order valence-electron chi connectivity index (χ2n) is 7.00. The molecule has 27 heavy (non-hydrogen) atoms. The third-order valence-electron chi connectivity index (χ3n) is 5.26. The van der Waals surface area contributed by atoms with E-state index in [1.54, 1.807) is 13.0 Å². The fraction of sp³-hybridized carbons (Fsp3) is 0.450. The zero-order valence-corrected chi connectivity index (χ0v) is 16.9. The van der Waals surface area contributed by atoms with Gasteiger partial charge in [-0.1, -0.05) is 24.9 Å². The Morgan fingerprint density at radius 3 is 2.74 bits per heavy atom. The highest BCUT2D eigenvalue weighted by atomic mass is 35.5. The average Bonchev–Trinajstić information content (AvgIpc) is 3.14. The third kappa shape index (κ3) is 3.23. The van der Waals surface area contributed by atoms with Gasteiger partial charge in [0.2, 0.25) is 5.88 Å². The van der Waals surface area contributed by atoms with E-state index in [0.717, 1.165) is 35.9 Å². The molecule has 2 heterocycles. The first kappa shape index (κ1) is 19.4. The number of rotatable bonds is 6. The van der Waals surface area contributed by atoms with E-state index in [2.05, 4.69) is 18.8 Å². The van der Waals surface area contributed by atoms with E-state index in [4.69, 9.17) is 16.3 Å². The predicted molar refractivity (Wildman–Crippen MR) is 108 cm³/mol. The summed E-state index contributed by atoms with van der Waals surface area (Å²) in [6, 6.07) is 7.52. The van der Waals surface area contributed by atoms with Crippen molar-refractivity contribution < 1.29 is 14.6 Å². The number of aromatic amines is 1. The number of fused-ring (bicyclic) bond motifs is 1. The fourth-order valence-electron chi connectivity index (χ4n) is 3.60. The number of nitrogens with one attached hydrogen (secondary N) is 1. The van der Waals surface area contributed by atoms with Gasteiger partial charge in [-0.2, -0.15) is 0 Å². The summed E-state index contributed by atoms with van der Waals surface area (Å²) in [5.41, 5.74) is 1.59. The minimum Gasteiger partial charge on any atom is -0.492 e. The zero-order valence-electron chi connectivity index (χ0n) is 16.2. The summed E-state index contributed by atoms with van der Waals surface area (Å²) in [5, 5.41) is 11.9. The highest BCUT2D eigenvalue weighted by molar-refractivity contribution is 6.30. The second-order valence-corrected chi connectivity index (χ2v) is 7.36. The maximum atomic E-state index is 12.0. The molecule has 1 aromatic heterocycles. The Morgan fingerprint density at radius 2 is 2.07 bits per heavy atom. The van der Waals surface area contributed by atoms with Crippen molar-refractivity contribution in [1.82, 2.24) is 9.88 Å². The Bertz CT molecular complexity index is 892. The zero-order chi connectivity index (χ0) is 19.8. The number of nitrogens with zero attached hydrogens (tertiary/aromatic N) is 2. The van der Waals surface area contributed by atoms with Gasteiger partial charge in [0.15, 0.2) is 5.16 Å². The predicted octanol–water partition coefficient (Wildman–Crippen LogP) is 4.93. The molecule has 0 fully saturated rings. The van der Waals surface area contributed by atoms with Gasteiger partial charge < -0.3 is 19.7 Å². The van der Waals surface area contributed by atoms with E-state index < -0.39 is 5.66 Å². The normalized spacial score (nSPS) is 20.0. The molecule has 3 rings (SSSR count). The summed E-state index contributed by atoms with van der Waals surface area (Å²) in [5.74, 6) is -0.340. The van der Waals surface area contributed by atoms with E-state index in [1.165, 1.54) is 0 Å². The van der Waals surface area contributed by atoms with Crippen LogP contribution in [0.4, 0.5) is 5.69 Å². The molecule has 0 saturated heterocycles. The molecule has 1 atom stereocenters. The van der Waals surface area contributed by atoms with Gasteiger partial charge in [-0.25, -0.2) is 4.79 Å². The van der Waals surface area contributed by atoms with Crippen molar-refractivity contribution in [3.05, 3.63) is 41.0 Å². The van der Waals surface area contributed by atoms with Gasteiger partial charge in [-0.05, 0) is 51.0 Å². The van der Waals surface area contributed by atoms with Crippen molar-refractivity contribution in [2.24, 2.45) is 0 Å². The molecule has 0 spiro atoms. The number of hydrogen-bond donors (Lipinski definition) is 2. The number of carbonyl (C=O) groups is 1. The molecule has 0 radical (unpaired) electrons. The van der Waals surface area contributed by atoms with Gasteiger partial charge in [0, 0.05) is 23.6 Å². The summed E-state index contributed by atoms with van der Waals surface area (Å²) in [4.78, 5) is 18.8. The highest BCUT2D eigenvalue weighted by Gasteiger charge is 2.46. The fourth-order valence-corrected chi connectivity index (χ4v) is 3.87. The van der Waals surface area contributed by atoms with Crippen LogP contribution in [0.25, 0.3) is 10.9 Å². The first-order valence-electron chi connectivity index (χ1n) is 9.26. The molecule has 0 amide bonds. The van der Waals surface area contributed by atoms with Crippen LogP contribution < -0.4 is 4.90 Å². The van der Waals surface area contributed by atoms with E-state index in [-0.39, 0.29) is 11.9 Å². The van der Waals surface area contributed by atoms with Gasteiger partial charge in [0.1, 0.15) is 11.4 Å². The average molecular weight is 392 g/mol. The van der Waals surface area contributed by atoms with Gasteiger partial charge in [-0.15, -0.1) is 0 Å². The monoisotopic (exact) mass is 391 g/mol. The molecule has 2 aromatic rings. The van der Waals surface area contributed by atoms with Crippen molar-refractivity contribution in [3.8, 4) is 0 Å². The Kier molecular flexibility index (Phi) is 5.29. The first-order valence-corrected chi connectivity index (χ1v) is 9.64. The molecule has 0 bridgehead atoms. The van der Waals surface area contributed by atoms with Crippen molar-refractivity contribution in [3.63, 3.8) is 0 Å². The van der Waals surface area contributed by atoms with Gasteiger partial charge >= 0.3 is 5.97 Å². The minimum atomic E-state index is -0.467. The van der Waals surface area contributed by atoms with Crippen LogP contribution >= 0.6 is 11.6 Å². The lowest BCUT2D eigenvalue weighted by atomic mass is 10.0. The summed E-state index contributed by atoms with van der Waals surface area (Å²) >= 11 is 6.37. The number of benzene rings is 1. The minimum absolute atomic E-state index is 0.0401. The Balaban J connectivity index is 2.02. The van der Waals surface area contributed by atoms with Gasteiger partial charge in [0.25, 0.3) is 0 Å². The van der Waals surface area contributed by atoms with Gasteiger partial charge in [0.05, 0.1) is 6.61 Å². The Morgan fingerprint density at radius 1 is 1.33 bits per heavy atom. The summed E-state index contributed by atoms with van der Waals surface area (Å²) < 4.78 is 5.06. The number of aliphatic hydroxyl groups excluding tert-OH is 1. The number of ether oxygens (including phenoxy) is 1. The largest absolute Gasteiger partial charge is 0.492 e. The molecule has 2 N–H and O–H groups in total. The molecule has 7 heteroatoms. The maximum absolute atomic E-state index is 12.0. The molecule has 146 valence electrons. The lowest BCUT2D eigenvalue weighted by molar-refractivity contribution is 0.0520. The highest BCUT2D eigenvalue weighted by Crippen LogP contribution is 2.43. The van der Waals surface area contributed by atoms with Crippen LogP contribution in [0.15, 0.2) is 35.3 Å².